The third-order valence-corrected chi connectivity index (χ3v) is 4.92. The largest absolute Gasteiger partial charge is 0.330 e. The molecule has 3 heteroatoms. The molecule has 1 saturated carbocycles. The Balaban J connectivity index is 2.08. The molecule has 0 bridgehead atoms. The minimum Gasteiger partial charge on any atom is -0.330 e. The lowest BCUT2D eigenvalue weighted by Crippen LogP contribution is -2.39. The molecule has 0 aromatic carbocycles. The van der Waals surface area contributed by atoms with Gasteiger partial charge < -0.3 is 5.73 Å². The lowest BCUT2D eigenvalue weighted by atomic mass is 9.66. The Morgan fingerprint density at radius 2 is 2.31 bits per heavy atom. The minimum atomic E-state index is 0.434. The highest BCUT2D eigenvalue weighted by Crippen LogP contribution is 2.44. The Hall–Kier alpha value is 0.140. The normalized spacial score (nSPS) is 19.8. The van der Waals surface area contributed by atoms with E-state index in [1.165, 1.54) is 28.6 Å². The van der Waals surface area contributed by atoms with Gasteiger partial charge in [0.1, 0.15) is 0 Å². The zero-order valence-corrected chi connectivity index (χ0v) is 9.96. The molecular weight excluding hydrogens is 246 g/mol. The number of rotatable bonds is 3. The first-order valence-electron chi connectivity index (χ1n) is 4.68. The van der Waals surface area contributed by atoms with Crippen LogP contribution in [0.3, 0.4) is 0 Å². The number of hydrogen-bond acceptors (Lipinski definition) is 2. The van der Waals surface area contributed by atoms with E-state index in [0.29, 0.717) is 5.41 Å². The second kappa shape index (κ2) is 3.71. The van der Waals surface area contributed by atoms with Gasteiger partial charge in [-0.1, -0.05) is 6.42 Å². The van der Waals surface area contributed by atoms with Gasteiger partial charge in [0.15, 0.2) is 0 Å². The highest BCUT2D eigenvalue weighted by atomic mass is 79.9. The summed E-state index contributed by atoms with van der Waals surface area (Å²) in [5.74, 6) is 0. The molecule has 0 atom stereocenters. The predicted octanol–water partition coefficient (Wildman–Crippen LogP) is 3.18. The van der Waals surface area contributed by atoms with E-state index < -0.39 is 0 Å². The average molecular weight is 260 g/mol. The summed E-state index contributed by atoms with van der Waals surface area (Å²) in [6.45, 7) is 0.843. The monoisotopic (exact) mass is 259 g/mol. The first-order valence-corrected chi connectivity index (χ1v) is 6.35. The van der Waals surface area contributed by atoms with E-state index in [1.54, 1.807) is 11.3 Å². The first-order chi connectivity index (χ1) is 6.26. The Morgan fingerprint density at radius 1 is 1.54 bits per heavy atom. The van der Waals surface area contributed by atoms with Gasteiger partial charge in [0.2, 0.25) is 0 Å². The van der Waals surface area contributed by atoms with Crippen LogP contribution in [0.25, 0.3) is 0 Å². The second-order valence-electron chi connectivity index (χ2n) is 3.95. The van der Waals surface area contributed by atoms with E-state index in [-0.39, 0.29) is 0 Å². The van der Waals surface area contributed by atoms with Crippen LogP contribution in [0.4, 0.5) is 0 Å². The summed E-state index contributed by atoms with van der Waals surface area (Å²) in [5.41, 5.74) is 7.70. The van der Waals surface area contributed by atoms with Crippen LogP contribution in [0.5, 0.6) is 0 Å². The van der Waals surface area contributed by atoms with Gasteiger partial charge in [-0.2, -0.15) is 0 Å². The van der Waals surface area contributed by atoms with Crippen molar-refractivity contribution in [3.63, 3.8) is 0 Å². The van der Waals surface area contributed by atoms with Crippen LogP contribution in [0.2, 0.25) is 0 Å². The molecule has 0 aliphatic heterocycles. The molecule has 0 spiro atoms. The van der Waals surface area contributed by atoms with Crippen molar-refractivity contribution in [2.24, 2.45) is 11.1 Å². The highest BCUT2D eigenvalue weighted by Gasteiger charge is 2.35. The third-order valence-electron chi connectivity index (χ3n) is 3.11. The number of hydrogen-bond donors (Lipinski definition) is 1. The van der Waals surface area contributed by atoms with Gasteiger partial charge in [-0.25, -0.2) is 0 Å². The van der Waals surface area contributed by atoms with E-state index in [9.17, 15) is 0 Å². The molecule has 1 nitrogen and oxygen atoms in total. The third kappa shape index (κ3) is 1.83. The van der Waals surface area contributed by atoms with Gasteiger partial charge in [0.05, 0.1) is 3.79 Å². The Bertz CT molecular complexity index is 285. The van der Waals surface area contributed by atoms with E-state index in [0.717, 1.165) is 13.0 Å². The van der Waals surface area contributed by atoms with Crippen LogP contribution >= 0.6 is 27.3 Å². The van der Waals surface area contributed by atoms with Gasteiger partial charge in [0, 0.05) is 0 Å². The second-order valence-corrected chi connectivity index (χ2v) is 6.19. The van der Waals surface area contributed by atoms with Crippen LogP contribution in [0, 0.1) is 5.41 Å². The number of halogens is 1. The zero-order chi connectivity index (χ0) is 9.31. The smallest absolute Gasteiger partial charge is 0.0730 e. The molecule has 1 aliphatic carbocycles. The van der Waals surface area contributed by atoms with Crippen molar-refractivity contribution in [2.45, 2.75) is 25.7 Å². The lowest BCUT2D eigenvalue weighted by Gasteiger charge is -2.41. The Labute approximate surface area is 91.5 Å². The molecule has 2 rings (SSSR count). The fourth-order valence-electron chi connectivity index (χ4n) is 1.98. The zero-order valence-electron chi connectivity index (χ0n) is 7.55. The lowest BCUT2D eigenvalue weighted by molar-refractivity contribution is 0.145. The molecule has 0 radical (unpaired) electrons. The standard InChI is InChI=1S/C10H14BrNS/c11-9-8(2-5-13-9)6-10(7-12)3-1-4-10/h2,5H,1,3-4,6-7,12H2. The van der Waals surface area contributed by atoms with Crippen LogP contribution in [0.1, 0.15) is 24.8 Å². The molecule has 1 aromatic rings. The molecule has 0 amide bonds. The Kier molecular flexibility index (Phi) is 2.77. The average Bonchev–Trinajstić information content (AvgIpc) is 2.44. The molecule has 0 saturated heterocycles. The number of nitrogens with two attached hydrogens (primary N) is 1. The van der Waals surface area contributed by atoms with E-state index in [2.05, 4.69) is 27.4 Å². The van der Waals surface area contributed by atoms with Crippen molar-refractivity contribution in [3.8, 4) is 0 Å². The van der Waals surface area contributed by atoms with Crippen molar-refractivity contribution in [1.82, 2.24) is 0 Å². The summed E-state index contributed by atoms with van der Waals surface area (Å²) < 4.78 is 1.28. The van der Waals surface area contributed by atoms with Crippen molar-refractivity contribution in [3.05, 3.63) is 20.8 Å². The van der Waals surface area contributed by atoms with Crippen LogP contribution < -0.4 is 5.73 Å². The van der Waals surface area contributed by atoms with Crippen molar-refractivity contribution < 1.29 is 0 Å². The molecule has 1 fully saturated rings. The molecule has 2 N–H and O–H groups in total. The van der Waals surface area contributed by atoms with Crippen molar-refractivity contribution in [1.29, 1.82) is 0 Å². The summed E-state index contributed by atoms with van der Waals surface area (Å²) in [6, 6.07) is 2.21. The maximum atomic E-state index is 5.82. The Morgan fingerprint density at radius 3 is 2.69 bits per heavy atom. The molecule has 72 valence electrons. The summed E-state index contributed by atoms with van der Waals surface area (Å²) >= 11 is 5.35. The number of thiophene rings is 1. The molecule has 0 unspecified atom stereocenters. The molecule has 1 heterocycles. The predicted molar refractivity (Wildman–Crippen MR) is 61.1 cm³/mol. The molecular formula is C10H14BrNS. The fourth-order valence-corrected chi connectivity index (χ4v) is 3.22. The van der Waals surface area contributed by atoms with Gasteiger partial charge in [-0.15, -0.1) is 11.3 Å². The quantitative estimate of drug-likeness (QED) is 0.887. The highest BCUT2D eigenvalue weighted by molar-refractivity contribution is 9.11. The van der Waals surface area contributed by atoms with Gasteiger partial charge in [0.25, 0.3) is 0 Å². The van der Waals surface area contributed by atoms with Crippen molar-refractivity contribution in [2.75, 3.05) is 6.54 Å². The minimum absolute atomic E-state index is 0.434. The molecule has 1 aliphatic rings. The van der Waals surface area contributed by atoms with E-state index in [1.807, 2.05) is 0 Å². The maximum absolute atomic E-state index is 5.82. The molecule has 1 aromatic heterocycles. The summed E-state index contributed by atoms with van der Waals surface area (Å²) in [5, 5.41) is 2.14. The van der Waals surface area contributed by atoms with Gasteiger partial charge in [-0.3, -0.25) is 0 Å². The SMILES string of the molecule is NCC1(Cc2ccsc2Br)CCC1. The van der Waals surface area contributed by atoms with Crippen LogP contribution in [-0.2, 0) is 6.42 Å². The van der Waals surface area contributed by atoms with E-state index in [4.69, 9.17) is 5.73 Å². The fraction of sp³-hybridized carbons (Fsp3) is 0.600. The first kappa shape index (κ1) is 9.69. The van der Waals surface area contributed by atoms with Gasteiger partial charge in [-0.05, 0) is 64.2 Å². The topological polar surface area (TPSA) is 26.0 Å². The van der Waals surface area contributed by atoms with E-state index >= 15 is 0 Å². The van der Waals surface area contributed by atoms with Crippen LogP contribution in [-0.4, -0.2) is 6.54 Å². The summed E-state index contributed by atoms with van der Waals surface area (Å²) in [6.07, 6.45) is 5.14. The van der Waals surface area contributed by atoms with Gasteiger partial charge >= 0.3 is 0 Å². The summed E-state index contributed by atoms with van der Waals surface area (Å²) in [7, 11) is 0. The maximum Gasteiger partial charge on any atom is 0.0730 e. The summed E-state index contributed by atoms with van der Waals surface area (Å²) in [4.78, 5) is 0. The van der Waals surface area contributed by atoms with Crippen molar-refractivity contribution >= 4 is 27.3 Å². The van der Waals surface area contributed by atoms with Crippen LogP contribution in [0.15, 0.2) is 15.2 Å². The molecule has 13 heavy (non-hydrogen) atoms.